The van der Waals surface area contributed by atoms with Gasteiger partial charge in [-0.2, -0.15) is 0 Å². The predicted octanol–water partition coefficient (Wildman–Crippen LogP) is 3.49. The van der Waals surface area contributed by atoms with Crippen LogP contribution in [0.4, 0.5) is 11.4 Å². The number of anilines is 2. The fourth-order valence-corrected chi connectivity index (χ4v) is 2.12. The lowest BCUT2D eigenvalue weighted by atomic mass is 10.1. The predicted molar refractivity (Wildman–Crippen MR) is 81.5 cm³/mol. The zero-order valence-corrected chi connectivity index (χ0v) is 12.0. The molecule has 104 valence electrons. The first-order chi connectivity index (χ1) is 9.51. The second-order valence-corrected chi connectivity index (χ2v) is 4.81. The van der Waals surface area contributed by atoms with E-state index in [1.54, 1.807) is 24.3 Å². The summed E-state index contributed by atoms with van der Waals surface area (Å²) in [5.74, 6) is 0.176. The fraction of sp³-hybridized carbons (Fsp3) is 0.133. The highest BCUT2D eigenvalue weighted by Gasteiger charge is 2.14. The summed E-state index contributed by atoms with van der Waals surface area (Å²) in [5, 5.41) is 3.09. The first-order valence-electron chi connectivity index (χ1n) is 6.02. The van der Waals surface area contributed by atoms with Gasteiger partial charge >= 0.3 is 0 Å². The maximum absolute atomic E-state index is 12.2. The number of benzene rings is 2. The van der Waals surface area contributed by atoms with Gasteiger partial charge in [0.05, 0.1) is 12.1 Å². The van der Waals surface area contributed by atoms with Gasteiger partial charge in [-0.3, -0.25) is 4.79 Å². The molecule has 0 saturated heterocycles. The maximum Gasteiger partial charge on any atom is 0.255 e. The Balaban J connectivity index is 2.32. The first-order valence-corrected chi connectivity index (χ1v) is 6.40. The number of nitrogen functional groups attached to an aromatic ring is 1. The Hall–Kier alpha value is -2.20. The maximum atomic E-state index is 12.2. The van der Waals surface area contributed by atoms with Gasteiger partial charge in [0.15, 0.2) is 0 Å². The Morgan fingerprint density at radius 3 is 2.70 bits per heavy atom. The second-order valence-electron chi connectivity index (χ2n) is 4.40. The van der Waals surface area contributed by atoms with E-state index >= 15 is 0 Å². The summed E-state index contributed by atoms with van der Waals surface area (Å²) in [4.78, 5) is 12.2. The number of hydrogen-bond acceptors (Lipinski definition) is 3. The molecule has 0 bridgehead atoms. The van der Waals surface area contributed by atoms with Gasteiger partial charge in [-0.15, -0.1) is 0 Å². The van der Waals surface area contributed by atoms with Crippen LogP contribution >= 0.6 is 11.6 Å². The quantitative estimate of drug-likeness (QED) is 0.851. The zero-order valence-electron chi connectivity index (χ0n) is 11.2. The third-order valence-electron chi connectivity index (χ3n) is 2.82. The number of ether oxygens (including phenoxy) is 1. The van der Waals surface area contributed by atoms with Gasteiger partial charge in [-0.25, -0.2) is 0 Å². The van der Waals surface area contributed by atoms with E-state index in [4.69, 9.17) is 22.1 Å². The third kappa shape index (κ3) is 3.03. The molecule has 4 nitrogen and oxygen atoms in total. The molecule has 0 aliphatic carbocycles. The summed E-state index contributed by atoms with van der Waals surface area (Å²) in [5.41, 5.74) is 8.14. The molecule has 0 atom stereocenters. The van der Waals surface area contributed by atoms with Crippen LogP contribution in [0.15, 0.2) is 36.4 Å². The molecule has 0 unspecified atom stereocenters. The molecular weight excluding hydrogens is 276 g/mol. The van der Waals surface area contributed by atoms with Crippen molar-refractivity contribution >= 4 is 28.9 Å². The molecule has 0 aliphatic rings. The zero-order chi connectivity index (χ0) is 14.7. The highest BCUT2D eigenvalue weighted by atomic mass is 35.5. The number of hydrogen-bond donors (Lipinski definition) is 2. The van der Waals surface area contributed by atoms with Crippen LogP contribution in [0.2, 0.25) is 5.02 Å². The van der Waals surface area contributed by atoms with Crippen molar-refractivity contribution in [2.75, 3.05) is 18.2 Å². The van der Waals surface area contributed by atoms with E-state index < -0.39 is 0 Å². The molecule has 0 spiro atoms. The minimum Gasteiger partial charge on any atom is -0.494 e. The van der Waals surface area contributed by atoms with Crippen molar-refractivity contribution in [1.82, 2.24) is 0 Å². The Kier molecular flexibility index (Phi) is 4.15. The molecule has 5 heteroatoms. The number of amides is 1. The van der Waals surface area contributed by atoms with E-state index in [-0.39, 0.29) is 5.91 Å². The number of methoxy groups -OCH3 is 1. The lowest BCUT2D eigenvalue weighted by Gasteiger charge is -2.13. The lowest BCUT2D eigenvalue weighted by molar-refractivity contribution is 0.102. The summed E-state index contributed by atoms with van der Waals surface area (Å²) in [6, 6.07) is 10.5. The lowest BCUT2D eigenvalue weighted by Crippen LogP contribution is -2.13. The van der Waals surface area contributed by atoms with Gasteiger partial charge in [0.2, 0.25) is 0 Å². The van der Waals surface area contributed by atoms with Crippen LogP contribution in [0.1, 0.15) is 15.9 Å². The number of carbonyl (C=O) groups excluding carboxylic acids is 1. The van der Waals surface area contributed by atoms with Crippen molar-refractivity contribution in [3.05, 3.63) is 52.5 Å². The molecule has 1 amide bonds. The van der Waals surface area contributed by atoms with Crippen LogP contribution in [0.25, 0.3) is 0 Å². The number of rotatable bonds is 3. The normalized spacial score (nSPS) is 10.2. The summed E-state index contributed by atoms with van der Waals surface area (Å²) in [6.07, 6.45) is 0. The molecule has 0 radical (unpaired) electrons. The molecule has 0 aliphatic heterocycles. The number of aryl methyl sites for hydroxylation is 1. The van der Waals surface area contributed by atoms with Crippen molar-refractivity contribution in [2.24, 2.45) is 0 Å². The summed E-state index contributed by atoms with van der Waals surface area (Å²) < 4.78 is 5.19. The largest absolute Gasteiger partial charge is 0.494 e. The molecule has 0 saturated carbocycles. The smallest absolute Gasteiger partial charge is 0.255 e. The van der Waals surface area contributed by atoms with Crippen molar-refractivity contribution in [2.45, 2.75) is 6.92 Å². The number of nitrogens with two attached hydrogens (primary N) is 1. The first kappa shape index (κ1) is 14.2. The fourth-order valence-electron chi connectivity index (χ4n) is 1.86. The Morgan fingerprint density at radius 1 is 1.30 bits per heavy atom. The summed E-state index contributed by atoms with van der Waals surface area (Å²) in [7, 11) is 1.49. The van der Waals surface area contributed by atoms with Crippen LogP contribution in [-0.4, -0.2) is 13.0 Å². The van der Waals surface area contributed by atoms with Crippen molar-refractivity contribution < 1.29 is 9.53 Å². The summed E-state index contributed by atoms with van der Waals surface area (Å²) >= 11 is 6.10. The van der Waals surface area contributed by atoms with Gasteiger partial charge in [-0.05, 0) is 25.1 Å². The number of nitrogens with one attached hydrogen (secondary N) is 1. The minimum atomic E-state index is -0.251. The Labute approximate surface area is 122 Å². The van der Waals surface area contributed by atoms with Gasteiger partial charge in [0.1, 0.15) is 11.4 Å². The number of halogens is 1. The SMILES string of the molecule is COc1cc(N)cc(Cl)c1NC(=O)c1cccc(C)c1. The monoisotopic (exact) mass is 290 g/mol. The Bertz CT molecular complexity index is 656. The van der Waals surface area contributed by atoms with Crippen LogP contribution in [0.5, 0.6) is 5.75 Å². The molecule has 0 heterocycles. The Morgan fingerprint density at radius 2 is 2.05 bits per heavy atom. The van der Waals surface area contributed by atoms with Crippen molar-refractivity contribution in [1.29, 1.82) is 0 Å². The van der Waals surface area contributed by atoms with E-state index in [9.17, 15) is 4.79 Å². The van der Waals surface area contributed by atoms with E-state index in [1.807, 2.05) is 19.1 Å². The van der Waals surface area contributed by atoms with Crippen LogP contribution in [0.3, 0.4) is 0 Å². The molecular formula is C15H15ClN2O2. The van der Waals surface area contributed by atoms with Crippen LogP contribution in [-0.2, 0) is 0 Å². The van der Waals surface area contributed by atoms with Gasteiger partial charge < -0.3 is 15.8 Å². The molecule has 2 aromatic carbocycles. The second kappa shape index (κ2) is 5.84. The van der Waals surface area contributed by atoms with Crippen LogP contribution in [0, 0.1) is 6.92 Å². The molecule has 0 fully saturated rings. The van der Waals surface area contributed by atoms with E-state index in [0.29, 0.717) is 27.7 Å². The van der Waals surface area contributed by atoms with Gasteiger partial charge in [0.25, 0.3) is 5.91 Å². The number of carbonyl (C=O) groups is 1. The van der Waals surface area contributed by atoms with E-state index in [1.165, 1.54) is 7.11 Å². The minimum absolute atomic E-state index is 0.251. The molecule has 3 N–H and O–H groups in total. The van der Waals surface area contributed by atoms with Gasteiger partial charge in [0, 0.05) is 17.3 Å². The average Bonchev–Trinajstić information content (AvgIpc) is 2.41. The summed E-state index contributed by atoms with van der Waals surface area (Å²) in [6.45, 7) is 1.92. The topological polar surface area (TPSA) is 64.3 Å². The highest BCUT2D eigenvalue weighted by molar-refractivity contribution is 6.34. The molecule has 20 heavy (non-hydrogen) atoms. The van der Waals surface area contributed by atoms with Crippen molar-refractivity contribution in [3.63, 3.8) is 0 Å². The van der Waals surface area contributed by atoms with E-state index in [2.05, 4.69) is 5.32 Å². The van der Waals surface area contributed by atoms with Crippen molar-refractivity contribution in [3.8, 4) is 5.75 Å². The van der Waals surface area contributed by atoms with E-state index in [0.717, 1.165) is 5.56 Å². The highest BCUT2D eigenvalue weighted by Crippen LogP contribution is 2.35. The molecule has 2 rings (SSSR count). The standard InChI is InChI=1S/C15H15ClN2O2/c1-9-4-3-5-10(6-9)15(19)18-14-12(16)7-11(17)8-13(14)20-2/h3-8H,17H2,1-2H3,(H,18,19). The molecule has 0 aromatic heterocycles. The average molecular weight is 291 g/mol. The van der Waals surface area contributed by atoms with Gasteiger partial charge in [-0.1, -0.05) is 29.3 Å². The third-order valence-corrected chi connectivity index (χ3v) is 3.11. The molecule has 2 aromatic rings. The van der Waals surface area contributed by atoms with Crippen LogP contribution < -0.4 is 15.8 Å².